The van der Waals surface area contributed by atoms with Crippen molar-refractivity contribution in [1.29, 1.82) is 0 Å². The number of halogens is 2. The molecule has 0 bridgehead atoms. The summed E-state index contributed by atoms with van der Waals surface area (Å²) in [5.74, 6) is 0.216. The van der Waals surface area contributed by atoms with Crippen LogP contribution >= 0.6 is 24.0 Å². The normalized spacial score (nSPS) is 25.1. The van der Waals surface area contributed by atoms with Crippen LogP contribution in [0.25, 0.3) is 0 Å². The maximum Gasteiger partial charge on any atom is 0.233 e. The minimum absolute atomic E-state index is 0. The molecule has 2 saturated heterocycles. The van der Waals surface area contributed by atoms with Crippen molar-refractivity contribution in [1.82, 2.24) is 4.90 Å². The average Bonchev–Trinajstić information content (AvgIpc) is 2.58. The standard InChI is InChI=1S/C19H27ClN2O2.ClH/c1-18(2)13-22(10-7-16(18)21)17(23)19(8-11-24-12-9-19)14-3-5-15(20)6-4-14;/h3-6,16H,7-13,21H2,1-2H3;1H. The Hall–Kier alpha value is -0.810. The van der Waals surface area contributed by atoms with Crippen LogP contribution in [0, 0.1) is 5.41 Å². The monoisotopic (exact) mass is 386 g/mol. The first kappa shape index (κ1) is 20.5. The van der Waals surface area contributed by atoms with E-state index in [1.54, 1.807) is 0 Å². The number of ether oxygens (including phenoxy) is 1. The highest BCUT2D eigenvalue weighted by Gasteiger charge is 2.46. The zero-order chi connectivity index (χ0) is 17.4. The molecule has 4 nitrogen and oxygen atoms in total. The van der Waals surface area contributed by atoms with Gasteiger partial charge >= 0.3 is 0 Å². The van der Waals surface area contributed by atoms with Crippen molar-refractivity contribution in [3.8, 4) is 0 Å². The fourth-order valence-electron chi connectivity index (χ4n) is 3.96. The Morgan fingerprint density at radius 3 is 2.40 bits per heavy atom. The second kappa shape index (κ2) is 7.83. The van der Waals surface area contributed by atoms with Gasteiger partial charge in [-0.2, -0.15) is 0 Å². The van der Waals surface area contributed by atoms with Crippen LogP contribution in [0.5, 0.6) is 0 Å². The molecule has 3 rings (SSSR count). The van der Waals surface area contributed by atoms with E-state index in [0.717, 1.165) is 31.4 Å². The highest BCUT2D eigenvalue weighted by molar-refractivity contribution is 6.30. The molecular formula is C19H28Cl2N2O2. The molecule has 0 saturated carbocycles. The van der Waals surface area contributed by atoms with Gasteiger partial charge in [-0.05, 0) is 42.4 Å². The van der Waals surface area contributed by atoms with Crippen LogP contribution in [0.15, 0.2) is 24.3 Å². The van der Waals surface area contributed by atoms with Crippen LogP contribution in [0.3, 0.4) is 0 Å². The van der Waals surface area contributed by atoms with E-state index >= 15 is 0 Å². The molecule has 1 aromatic carbocycles. The molecule has 2 aliphatic heterocycles. The summed E-state index contributed by atoms with van der Waals surface area (Å²) >= 11 is 6.04. The first-order chi connectivity index (χ1) is 11.3. The van der Waals surface area contributed by atoms with E-state index in [1.165, 1.54) is 0 Å². The third kappa shape index (κ3) is 3.97. The van der Waals surface area contributed by atoms with Crippen LogP contribution in [0.4, 0.5) is 0 Å². The van der Waals surface area contributed by atoms with E-state index < -0.39 is 5.41 Å². The fraction of sp³-hybridized carbons (Fsp3) is 0.632. The molecule has 2 fully saturated rings. The Bertz CT molecular complexity index is 598. The van der Waals surface area contributed by atoms with Crippen molar-refractivity contribution in [3.63, 3.8) is 0 Å². The summed E-state index contributed by atoms with van der Waals surface area (Å²) in [4.78, 5) is 15.6. The van der Waals surface area contributed by atoms with Crippen molar-refractivity contribution in [2.45, 2.75) is 44.6 Å². The lowest BCUT2D eigenvalue weighted by Crippen LogP contribution is -2.58. The van der Waals surface area contributed by atoms with Crippen molar-refractivity contribution < 1.29 is 9.53 Å². The number of hydrogen-bond acceptors (Lipinski definition) is 3. The summed E-state index contributed by atoms with van der Waals surface area (Å²) in [6.45, 7) is 6.98. The van der Waals surface area contributed by atoms with Crippen LogP contribution in [0.1, 0.15) is 38.7 Å². The van der Waals surface area contributed by atoms with Gasteiger partial charge in [-0.1, -0.05) is 37.6 Å². The number of amides is 1. The van der Waals surface area contributed by atoms with Gasteiger partial charge in [0.15, 0.2) is 0 Å². The van der Waals surface area contributed by atoms with Gasteiger partial charge in [-0.3, -0.25) is 4.79 Å². The third-order valence-electron chi connectivity index (χ3n) is 5.75. The molecule has 2 heterocycles. The molecule has 2 aliphatic rings. The van der Waals surface area contributed by atoms with Gasteiger partial charge in [0.05, 0.1) is 5.41 Å². The SMILES string of the molecule is CC1(C)CN(C(=O)C2(c3ccc(Cl)cc3)CCOCC2)CCC1N.Cl. The predicted octanol–water partition coefficient (Wildman–Crippen LogP) is 3.40. The molecule has 0 spiro atoms. The van der Waals surface area contributed by atoms with Crippen molar-refractivity contribution >= 4 is 29.9 Å². The van der Waals surface area contributed by atoms with Crippen LogP contribution in [0.2, 0.25) is 5.02 Å². The molecule has 1 aromatic rings. The van der Waals surface area contributed by atoms with Gasteiger partial charge < -0.3 is 15.4 Å². The number of likely N-dealkylation sites (tertiary alicyclic amines) is 1. The first-order valence-electron chi connectivity index (χ1n) is 8.74. The molecule has 0 aromatic heterocycles. The van der Waals surface area contributed by atoms with Crippen LogP contribution < -0.4 is 5.73 Å². The number of carbonyl (C=O) groups is 1. The molecule has 1 atom stereocenters. The Kier molecular flexibility index (Phi) is 6.42. The Morgan fingerprint density at radius 2 is 1.84 bits per heavy atom. The summed E-state index contributed by atoms with van der Waals surface area (Å²) in [5, 5.41) is 0.693. The molecule has 1 amide bonds. The minimum Gasteiger partial charge on any atom is -0.381 e. The molecule has 6 heteroatoms. The second-order valence-electron chi connectivity index (χ2n) is 7.81. The molecule has 0 radical (unpaired) electrons. The molecule has 1 unspecified atom stereocenters. The van der Waals surface area contributed by atoms with Gasteiger partial charge in [-0.15, -0.1) is 12.4 Å². The fourth-order valence-corrected chi connectivity index (χ4v) is 4.09. The highest BCUT2D eigenvalue weighted by atomic mass is 35.5. The lowest BCUT2D eigenvalue weighted by molar-refractivity contribution is -0.144. The van der Waals surface area contributed by atoms with Gasteiger partial charge in [0.25, 0.3) is 0 Å². The predicted molar refractivity (Wildman–Crippen MR) is 103 cm³/mol. The summed E-state index contributed by atoms with van der Waals surface area (Å²) in [5.41, 5.74) is 6.74. The van der Waals surface area contributed by atoms with E-state index in [-0.39, 0.29) is 29.8 Å². The maximum atomic E-state index is 13.6. The van der Waals surface area contributed by atoms with Gasteiger partial charge in [-0.25, -0.2) is 0 Å². The first-order valence-corrected chi connectivity index (χ1v) is 9.12. The lowest BCUT2D eigenvalue weighted by Gasteiger charge is -2.47. The van der Waals surface area contributed by atoms with Crippen molar-refractivity contribution in [2.75, 3.05) is 26.3 Å². The van der Waals surface area contributed by atoms with Gasteiger partial charge in [0.2, 0.25) is 5.91 Å². The van der Waals surface area contributed by atoms with Crippen LogP contribution in [-0.2, 0) is 14.9 Å². The molecule has 140 valence electrons. The topological polar surface area (TPSA) is 55.6 Å². The number of benzene rings is 1. The molecule has 25 heavy (non-hydrogen) atoms. The average molecular weight is 387 g/mol. The number of nitrogens with zero attached hydrogens (tertiary/aromatic N) is 1. The van der Waals surface area contributed by atoms with E-state index in [0.29, 0.717) is 24.8 Å². The Balaban J connectivity index is 0.00000225. The zero-order valence-corrected chi connectivity index (χ0v) is 16.5. The molecular weight excluding hydrogens is 359 g/mol. The van der Waals surface area contributed by atoms with Gasteiger partial charge in [0.1, 0.15) is 0 Å². The third-order valence-corrected chi connectivity index (χ3v) is 6.00. The molecule has 2 N–H and O–H groups in total. The second-order valence-corrected chi connectivity index (χ2v) is 8.25. The molecule has 0 aliphatic carbocycles. The maximum absolute atomic E-state index is 13.6. The number of nitrogens with two attached hydrogens (primary N) is 1. The summed E-state index contributed by atoms with van der Waals surface area (Å²) in [7, 11) is 0. The highest BCUT2D eigenvalue weighted by Crippen LogP contribution is 2.39. The Morgan fingerprint density at radius 1 is 1.24 bits per heavy atom. The number of rotatable bonds is 2. The van der Waals surface area contributed by atoms with E-state index in [4.69, 9.17) is 22.1 Å². The van der Waals surface area contributed by atoms with Crippen LogP contribution in [-0.4, -0.2) is 43.2 Å². The summed E-state index contributed by atoms with van der Waals surface area (Å²) < 4.78 is 5.55. The summed E-state index contributed by atoms with van der Waals surface area (Å²) in [6, 6.07) is 7.87. The number of carbonyl (C=O) groups excluding carboxylic acids is 1. The van der Waals surface area contributed by atoms with Crippen molar-refractivity contribution in [2.24, 2.45) is 11.1 Å². The smallest absolute Gasteiger partial charge is 0.233 e. The van der Waals surface area contributed by atoms with E-state index in [2.05, 4.69) is 13.8 Å². The van der Waals surface area contributed by atoms with E-state index in [1.807, 2.05) is 29.2 Å². The number of piperidine rings is 1. The Labute approximate surface area is 161 Å². The van der Waals surface area contributed by atoms with E-state index in [9.17, 15) is 4.79 Å². The zero-order valence-electron chi connectivity index (χ0n) is 15.0. The summed E-state index contributed by atoms with van der Waals surface area (Å²) in [6.07, 6.45) is 2.29. The minimum atomic E-state index is -0.500. The largest absolute Gasteiger partial charge is 0.381 e. The quantitative estimate of drug-likeness (QED) is 0.846. The van der Waals surface area contributed by atoms with Crippen molar-refractivity contribution in [3.05, 3.63) is 34.9 Å². The lowest BCUT2D eigenvalue weighted by atomic mass is 9.71. The van der Waals surface area contributed by atoms with Gasteiger partial charge in [0, 0.05) is 37.4 Å². The number of hydrogen-bond donors (Lipinski definition) is 1.